The maximum atomic E-state index is 12.9. The van der Waals surface area contributed by atoms with Gasteiger partial charge in [0.2, 0.25) is 11.9 Å². The van der Waals surface area contributed by atoms with Gasteiger partial charge in [-0.3, -0.25) is 14.6 Å². The van der Waals surface area contributed by atoms with Crippen LogP contribution >= 0.6 is 0 Å². The maximum absolute atomic E-state index is 12.9. The van der Waals surface area contributed by atoms with E-state index in [-0.39, 0.29) is 17.9 Å². The summed E-state index contributed by atoms with van der Waals surface area (Å²) in [4.78, 5) is 39.3. The van der Waals surface area contributed by atoms with Crippen molar-refractivity contribution in [3.8, 4) is 0 Å². The second kappa shape index (κ2) is 9.17. The Morgan fingerprint density at radius 3 is 2.75 bits per heavy atom. The van der Waals surface area contributed by atoms with Crippen LogP contribution in [0.5, 0.6) is 0 Å². The zero-order valence-corrected chi connectivity index (χ0v) is 18.5. The van der Waals surface area contributed by atoms with E-state index in [0.29, 0.717) is 43.6 Å². The Hall–Kier alpha value is -3.75. The van der Waals surface area contributed by atoms with E-state index in [4.69, 9.17) is 0 Å². The van der Waals surface area contributed by atoms with E-state index < -0.39 is 0 Å². The minimum absolute atomic E-state index is 0.0606. The van der Waals surface area contributed by atoms with Crippen molar-refractivity contribution in [3.63, 3.8) is 0 Å². The number of rotatable bonds is 8. The monoisotopic (exact) mass is 433 g/mol. The number of nitrogens with one attached hydrogen (secondary N) is 3. The molecule has 0 unspecified atom stereocenters. The molecule has 2 aromatic heterocycles. The van der Waals surface area contributed by atoms with Crippen molar-refractivity contribution < 1.29 is 9.59 Å². The van der Waals surface area contributed by atoms with E-state index in [9.17, 15) is 9.59 Å². The third kappa shape index (κ3) is 4.61. The van der Waals surface area contributed by atoms with Gasteiger partial charge in [-0.15, -0.1) is 0 Å². The first-order valence-corrected chi connectivity index (χ1v) is 10.7. The number of hydrogen-bond donors (Lipinski definition) is 3. The molecule has 9 nitrogen and oxygen atoms in total. The van der Waals surface area contributed by atoms with Crippen LogP contribution in [0.1, 0.15) is 42.4 Å². The molecule has 1 aliphatic heterocycles. The van der Waals surface area contributed by atoms with Crippen LogP contribution < -0.4 is 16.0 Å². The van der Waals surface area contributed by atoms with Gasteiger partial charge in [-0.2, -0.15) is 4.98 Å². The summed E-state index contributed by atoms with van der Waals surface area (Å²) in [6, 6.07) is 10.1. The minimum Gasteiger partial charge on any atom is -0.365 e. The first kappa shape index (κ1) is 21.5. The Morgan fingerprint density at radius 1 is 1.16 bits per heavy atom. The van der Waals surface area contributed by atoms with E-state index in [1.807, 2.05) is 44.3 Å². The lowest BCUT2D eigenvalue weighted by Crippen LogP contribution is -2.31. The highest BCUT2D eigenvalue weighted by molar-refractivity contribution is 5.98. The smallest absolute Gasteiger partial charge is 0.273 e. The van der Waals surface area contributed by atoms with Crippen LogP contribution in [-0.2, 0) is 17.9 Å². The maximum Gasteiger partial charge on any atom is 0.273 e. The molecule has 0 fully saturated rings. The fraction of sp³-hybridized carbons (Fsp3) is 0.348. The summed E-state index contributed by atoms with van der Waals surface area (Å²) in [5.74, 6) is 0.780. The number of para-hydroxylation sites is 1. The van der Waals surface area contributed by atoms with Crippen LogP contribution in [0.15, 0.2) is 36.5 Å². The first-order chi connectivity index (χ1) is 15.4. The van der Waals surface area contributed by atoms with Gasteiger partial charge in [0.05, 0.1) is 12.1 Å². The predicted octanol–water partition coefficient (Wildman–Crippen LogP) is 2.55. The normalized spacial score (nSPS) is 12.9. The lowest BCUT2D eigenvalue weighted by molar-refractivity contribution is -0.118. The van der Waals surface area contributed by atoms with Gasteiger partial charge in [0.25, 0.3) is 5.91 Å². The van der Waals surface area contributed by atoms with Gasteiger partial charge in [0.1, 0.15) is 11.5 Å². The molecule has 32 heavy (non-hydrogen) atoms. The number of carbonyl (C=O) groups is 2. The van der Waals surface area contributed by atoms with Gasteiger partial charge in [-0.05, 0) is 31.5 Å². The van der Waals surface area contributed by atoms with Crippen LogP contribution in [0, 0.1) is 0 Å². The number of pyridine rings is 1. The zero-order valence-electron chi connectivity index (χ0n) is 18.5. The van der Waals surface area contributed by atoms with Gasteiger partial charge >= 0.3 is 0 Å². The lowest BCUT2D eigenvalue weighted by Gasteiger charge is -2.19. The number of nitrogens with zero attached hydrogens (tertiary/aromatic N) is 4. The molecule has 166 valence electrons. The predicted molar refractivity (Wildman–Crippen MR) is 123 cm³/mol. The molecule has 3 heterocycles. The van der Waals surface area contributed by atoms with Crippen molar-refractivity contribution in [1.29, 1.82) is 0 Å². The van der Waals surface area contributed by atoms with E-state index in [2.05, 4.69) is 37.0 Å². The molecule has 9 heteroatoms. The van der Waals surface area contributed by atoms with E-state index in [0.717, 1.165) is 22.0 Å². The van der Waals surface area contributed by atoms with Crippen LogP contribution in [0.2, 0.25) is 0 Å². The molecule has 0 aliphatic carbocycles. The number of fused-ring (bicyclic) bond motifs is 2. The summed E-state index contributed by atoms with van der Waals surface area (Å²) in [6.45, 7) is 7.31. The average Bonchev–Trinajstić information content (AvgIpc) is 3.12. The zero-order chi connectivity index (χ0) is 22.7. The van der Waals surface area contributed by atoms with Gasteiger partial charge in [0.15, 0.2) is 0 Å². The van der Waals surface area contributed by atoms with Crippen molar-refractivity contribution in [3.05, 3.63) is 53.3 Å². The van der Waals surface area contributed by atoms with E-state index in [1.54, 1.807) is 4.90 Å². The highest BCUT2D eigenvalue weighted by atomic mass is 16.2. The number of benzene rings is 1. The number of hydrogen-bond acceptors (Lipinski definition) is 7. The molecule has 0 saturated carbocycles. The molecule has 1 aliphatic rings. The molecule has 4 rings (SSSR count). The van der Waals surface area contributed by atoms with E-state index in [1.165, 1.54) is 6.92 Å². The molecule has 0 atom stereocenters. The highest BCUT2D eigenvalue weighted by Crippen LogP contribution is 2.29. The Bertz CT molecular complexity index is 1160. The fourth-order valence-corrected chi connectivity index (χ4v) is 3.64. The molecule has 2 amide bonds. The van der Waals surface area contributed by atoms with Crippen LogP contribution in [-0.4, -0.2) is 50.8 Å². The number of anilines is 2. The molecule has 1 aromatic carbocycles. The number of amides is 2. The third-order valence-corrected chi connectivity index (χ3v) is 5.31. The molecule has 0 spiro atoms. The second-order valence-corrected chi connectivity index (χ2v) is 8.05. The number of aromatic nitrogens is 3. The third-order valence-electron chi connectivity index (χ3n) is 5.31. The van der Waals surface area contributed by atoms with Gasteiger partial charge in [-0.1, -0.05) is 18.2 Å². The van der Waals surface area contributed by atoms with Gasteiger partial charge < -0.3 is 20.9 Å². The largest absolute Gasteiger partial charge is 0.365 e. The summed E-state index contributed by atoms with van der Waals surface area (Å²) in [5, 5.41) is 10.3. The summed E-state index contributed by atoms with van der Waals surface area (Å²) in [6.07, 6.45) is 1.84. The van der Waals surface area contributed by atoms with Crippen molar-refractivity contribution in [2.45, 2.75) is 39.9 Å². The Kier molecular flexibility index (Phi) is 6.16. The minimum atomic E-state index is -0.101. The Balaban J connectivity index is 1.57. The van der Waals surface area contributed by atoms with Crippen LogP contribution in [0.25, 0.3) is 10.9 Å². The van der Waals surface area contributed by atoms with Crippen LogP contribution in [0.4, 0.5) is 11.8 Å². The standard InChI is InChI=1S/C23H27N7O2/c1-14(2)30-13-18-20(22(30)32)28-23(25-9-8-24-15(3)31)29-21(18)27-12-16-10-17-6-4-5-7-19(17)26-11-16/h4-7,10-11,14H,8-9,12-13H2,1-3H3,(H,24,31)(H2,25,27,28,29). The molecule has 0 saturated heterocycles. The Labute approximate surface area is 186 Å². The summed E-state index contributed by atoms with van der Waals surface area (Å²) in [7, 11) is 0. The lowest BCUT2D eigenvalue weighted by atomic mass is 10.1. The quantitative estimate of drug-likeness (QED) is 0.468. The molecular weight excluding hydrogens is 406 g/mol. The molecule has 0 bridgehead atoms. The number of carbonyl (C=O) groups excluding carboxylic acids is 2. The molecular formula is C23H27N7O2. The fourth-order valence-electron chi connectivity index (χ4n) is 3.64. The van der Waals surface area contributed by atoms with Crippen molar-refractivity contribution in [1.82, 2.24) is 25.2 Å². The summed E-state index contributed by atoms with van der Waals surface area (Å²) >= 11 is 0. The van der Waals surface area contributed by atoms with Gasteiger partial charge in [-0.25, -0.2) is 4.98 Å². The second-order valence-electron chi connectivity index (χ2n) is 8.05. The van der Waals surface area contributed by atoms with Crippen molar-refractivity contribution in [2.24, 2.45) is 0 Å². The topological polar surface area (TPSA) is 112 Å². The van der Waals surface area contributed by atoms with Crippen molar-refractivity contribution in [2.75, 3.05) is 23.7 Å². The van der Waals surface area contributed by atoms with E-state index >= 15 is 0 Å². The molecule has 3 aromatic rings. The Morgan fingerprint density at radius 2 is 1.97 bits per heavy atom. The van der Waals surface area contributed by atoms with Crippen molar-refractivity contribution >= 4 is 34.5 Å². The van der Waals surface area contributed by atoms with Crippen LogP contribution in [0.3, 0.4) is 0 Å². The molecule has 0 radical (unpaired) electrons. The van der Waals surface area contributed by atoms with Gasteiger partial charge in [0, 0.05) is 49.7 Å². The first-order valence-electron chi connectivity index (χ1n) is 10.7. The SMILES string of the molecule is CC(=O)NCCNc1nc(NCc2cnc3ccccc3c2)c2c(n1)C(=O)N(C(C)C)C2. The molecule has 3 N–H and O–H groups in total. The highest BCUT2D eigenvalue weighted by Gasteiger charge is 2.34. The summed E-state index contributed by atoms with van der Waals surface area (Å²) in [5.41, 5.74) is 3.17. The average molecular weight is 434 g/mol. The summed E-state index contributed by atoms with van der Waals surface area (Å²) < 4.78 is 0.